The van der Waals surface area contributed by atoms with Gasteiger partial charge in [-0.25, -0.2) is 0 Å². The van der Waals surface area contributed by atoms with Crippen LogP contribution in [0.3, 0.4) is 0 Å². The number of rotatable bonds is 0. The van der Waals surface area contributed by atoms with E-state index >= 15 is 0 Å². The Morgan fingerprint density at radius 3 is 2.48 bits per heavy atom. The largest absolute Gasteiger partial charge is 0.393 e. The number of ether oxygens (including phenoxy) is 1. The second-order valence-electron chi connectivity index (χ2n) is 11.8. The molecule has 4 unspecified atom stereocenters. The van der Waals surface area contributed by atoms with Crippen LogP contribution >= 0.6 is 0 Å². The molecule has 4 aliphatic carbocycles. The van der Waals surface area contributed by atoms with Crippen LogP contribution in [-0.4, -0.2) is 28.7 Å². The van der Waals surface area contributed by atoms with Gasteiger partial charge in [0.05, 0.1) is 17.8 Å². The van der Waals surface area contributed by atoms with Crippen LogP contribution in [0.15, 0.2) is 0 Å². The fourth-order valence-electron chi connectivity index (χ4n) is 8.65. The van der Waals surface area contributed by atoms with Crippen molar-refractivity contribution in [2.75, 3.05) is 0 Å². The van der Waals surface area contributed by atoms with Gasteiger partial charge in [-0.05, 0) is 100 Å². The smallest absolute Gasteiger partial charge is 0.139 e. The first kappa shape index (κ1) is 18.6. The van der Waals surface area contributed by atoms with Gasteiger partial charge in [0.25, 0.3) is 0 Å². The van der Waals surface area contributed by atoms with E-state index in [1.165, 1.54) is 12.8 Å². The molecule has 0 aromatic rings. The summed E-state index contributed by atoms with van der Waals surface area (Å²) in [6.45, 7) is 9.31. The molecule has 3 nitrogen and oxygen atoms in total. The summed E-state index contributed by atoms with van der Waals surface area (Å²) < 4.78 is 6.87. The van der Waals surface area contributed by atoms with Crippen LogP contribution in [0.4, 0.5) is 0 Å². The van der Waals surface area contributed by atoms with Gasteiger partial charge in [0, 0.05) is 11.8 Å². The molecular weight excluding hydrogens is 336 g/mol. The van der Waals surface area contributed by atoms with Crippen LogP contribution in [0.5, 0.6) is 0 Å². The highest BCUT2D eigenvalue weighted by Gasteiger charge is 2.66. The topological polar surface area (TPSA) is 46.5 Å². The highest BCUT2D eigenvalue weighted by atomic mass is 16.5. The van der Waals surface area contributed by atoms with Crippen molar-refractivity contribution >= 4 is 5.78 Å². The van der Waals surface area contributed by atoms with Crippen LogP contribution in [-0.2, 0) is 9.53 Å². The molecule has 0 spiro atoms. The van der Waals surface area contributed by atoms with Gasteiger partial charge in [-0.2, -0.15) is 0 Å². The fourth-order valence-corrected chi connectivity index (χ4v) is 8.65. The lowest BCUT2D eigenvalue weighted by Crippen LogP contribution is -2.65. The minimum Gasteiger partial charge on any atom is -0.393 e. The van der Waals surface area contributed by atoms with Gasteiger partial charge in [-0.3, -0.25) is 4.79 Å². The number of Topliss-reactive ketones (excluding diaryl/α,β-unsaturated/α-hetero) is 1. The van der Waals surface area contributed by atoms with Gasteiger partial charge in [-0.1, -0.05) is 13.8 Å². The lowest BCUT2D eigenvalue weighted by Gasteiger charge is -2.66. The summed E-state index contributed by atoms with van der Waals surface area (Å²) in [5.74, 6) is 3.38. The Morgan fingerprint density at radius 2 is 1.70 bits per heavy atom. The van der Waals surface area contributed by atoms with Crippen LogP contribution < -0.4 is 0 Å². The number of aliphatic hydroxyl groups is 1. The zero-order valence-electron chi connectivity index (χ0n) is 17.7. The summed E-state index contributed by atoms with van der Waals surface area (Å²) in [7, 11) is 0. The molecule has 0 aromatic carbocycles. The summed E-state index contributed by atoms with van der Waals surface area (Å²) >= 11 is 0. The Labute approximate surface area is 164 Å². The monoisotopic (exact) mass is 374 g/mol. The van der Waals surface area contributed by atoms with Gasteiger partial charge < -0.3 is 9.84 Å². The normalized spacial score (nSPS) is 56.6. The first-order valence-electron chi connectivity index (χ1n) is 11.5. The van der Waals surface area contributed by atoms with E-state index < -0.39 is 0 Å². The molecule has 1 heterocycles. The van der Waals surface area contributed by atoms with Crippen LogP contribution in [0.1, 0.15) is 85.5 Å². The van der Waals surface area contributed by atoms with E-state index in [4.69, 9.17) is 4.74 Å². The second-order valence-corrected chi connectivity index (χ2v) is 11.8. The van der Waals surface area contributed by atoms with Gasteiger partial charge in [-0.15, -0.1) is 0 Å². The van der Waals surface area contributed by atoms with Crippen molar-refractivity contribution in [1.29, 1.82) is 0 Å². The third-order valence-electron chi connectivity index (χ3n) is 10.1. The van der Waals surface area contributed by atoms with Crippen molar-refractivity contribution in [2.24, 2.45) is 40.4 Å². The summed E-state index contributed by atoms with van der Waals surface area (Å²) in [5, 5.41) is 10.5. The van der Waals surface area contributed by atoms with Crippen LogP contribution in [0.25, 0.3) is 0 Å². The summed E-state index contributed by atoms with van der Waals surface area (Å²) in [6, 6.07) is 0. The first-order chi connectivity index (χ1) is 12.7. The standard InChI is InChI=1S/C24H38O3/c1-22(2)10-8-15-18-13-14(25)7-11-23(18,3)17-9-12-24(4)16(5-6-19(24)26)20(17)21(15)27-22/h14-18,20-21,25H,5-13H2,1-4H3/t14-,15+,16?,17?,18?,20?,21-,23+,24-/m0/s1. The molecular formula is C24H38O3. The van der Waals surface area contributed by atoms with Crippen molar-refractivity contribution in [3.05, 3.63) is 0 Å². The maximum atomic E-state index is 12.8. The Hall–Kier alpha value is -0.410. The van der Waals surface area contributed by atoms with Crippen molar-refractivity contribution in [2.45, 2.75) is 103 Å². The van der Waals surface area contributed by atoms with Crippen molar-refractivity contribution in [3.63, 3.8) is 0 Å². The minimum atomic E-state index is -0.128. The molecule has 0 radical (unpaired) electrons. The fraction of sp³-hybridized carbons (Fsp3) is 0.958. The number of hydrogen-bond acceptors (Lipinski definition) is 3. The summed E-state index contributed by atoms with van der Waals surface area (Å²) in [5.41, 5.74) is 0.167. The second kappa shape index (κ2) is 5.81. The molecule has 27 heavy (non-hydrogen) atoms. The number of carbonyl (C=O) groups excluding carboxylic acids is 1. The molecule has 4 saturated carbocycles. The van der Waals surface area contributed by atoms with Gasteiger partial charge in [0.2, 0.25) is 0 Å². The molecule has 5 rings (SSSR count). The highest BCUT2D eigenvalue weighted by Crippen LogP contribution is 2.68. The summed E-state index contributed by atoms with van der Waals surface area (Å²) in [4.78, 5) is 12.8. The van der Waals surface area contributed by atoms with E-state index in [-0.39, 0.29) is 23.2 Å². The molecule has 0 aromatic heterocycles. The van der Waals surface area contributed by atoms with E-state index in [2.05, 4.69) is 27.7 Å². The molecule has 1 aliphatic heterocycles. The maximum Gasteiger partial charge on any atom is 0.139 e. The first-order valence-corrected chi connectivity index (χ1v) is 11.5. The predicted molar refractivity (Wildman–Crippen MR) is 105 cm³/mol. The summed E-state index contributed by atoms with van der Waals surface area (Å²) in [6.07, 6.45) is 9.70. The Morgan fingerprint density at radius 1 is 0.926 bits per heavy atom. The van der Waals surface area contributed by atoms with Crippen molar-refractivity contribution in [1.82, 2.24) is 0 Å². The van der Waals surface area contributed by atoms with Crippen molar-refractivity contribution in [3.8, 4) is 0 Å². The number of fused-ring (bicyclic) bond motifs is 8. The molecule has 5 aliphatic rings. The lowest BCUT2D eigenvalue weighted by molar-refractivity contribution is -0.259. The van der Waals surface area contributed by atoms with Crippen molar-refractivity contribution < 1.29 is 14.6 Å². The van der Waals surface area contributed by atoms with Gasteiger partial charge in [0.15, 0.2) is 0 Å². The Balaban J connectivity index is 1.59. The number of carbonyl (C=O) groups is 1. The van der Waals surface area contributed by atoms with E-state index in [1.807, 2.05) is 0 Å². The van der Waals surface area contributed by atoms with Gasteiger partial charge in [0.1, 0.15) is 5.78 Å². The molecule has 9 atom stereocenters. The quantitative estimate of drug-likeness (QED) is 0.665. The van der Waals surface area contributed by atoms with E-state index in [1.54, 1.807) is 0 Å². The zero-order chi connectivity index (χ0) is 19.2. The minimum absolute atomic E-state index is 0.0524. The number of hydrogen-bond donors (Lipinski definition) is 1. The number of aliphatic hydroxyl groups excluding tert-OH is 1. The van der Waals surface area contributed by atoms with E-state index in [0.29, 0.717) is 40.8 Å². The maximum absolute atomic E-state index is 12.8. The highest BCUT2D eigenvalue weighted by molar-refractivity contribution is 5.87. The molecule has 3 heteroatoms. The molecule has 1 saturated heterocycles. The average Bonchev–Trinajstić information content (AvgIpc) is 2.91. The predicted octanol–water partition coefficient (Wildman–Crippen LogP) is 4.75. The zero-order valence-corrected chi connectivity index (χ0v) is 17.7. The third kappa shape index (κ3) is 2.49. The molecule has 1 N–H and O–H groups in total. The SMILES string of the molecule is CC1(C)CC[C@@H]2C3C[C@@H](O)CC[C@]3(C)C3CC[C@]4(C)C(=O)CCC4C3[C@H]2O1. The number of ketones is 1. The Kier molecular flexibility index (Phi) is 4.01. The molecule has 0 bridgehead atoms. The molecule has 0 amide bonds. The average molecular weight is 375 g/mol. The van der Waals surface area contributed by atoms with E-state index in [9.17, 15) is 9.90 Å². The third-order valence-corrected chi connectivity index (χ3v) is 10.1. The van der Waals surface area contributed by atoms with Crippen LogP contribution in [0, 0.1) is 40.4 Å². The Bertz CT molecular complexity index is 642. The lowest BCUT2D eigenvalue weighted by atomic mass is 9.41. The van der Waals surface area contributed by atoms with Gasteiger partial charge >= 0.3 is 0 Å². The molecule has 152 valence electrons. The van der Waals surface area contributed by atoms with Crippen LogP contribution in [0.2, 0.25) is 0 Å². The van der Waals surface area contributed by atoms with E-state index in [0.717, 1.165) is 44.9 Å². The molecule has 5 fully saturated rings.